The Bertz CT molecular complexity index is 862. The van der Waals surface area contributed by atoms with E-state index in [0.717, 1.165) is 51.9 Å². The van der Waals surface area contributed by atoms with E-state index >= 15 is 0 Å². The van der Waals surface area contributed by atoms with Crippen molar-refractivity contribution in [1.29, 1.82) is 0 Å². The monoisotopic (exact) mass is 356 g/mol. The van der Waals surface area contributed by atoms with Crippen LogP contribution in [0.15, 0.2) is 17.4 Å². The van der Waals surface area contributed by atoms with Crippen LogP contribution in [0.1, 0.15) is 55.0 Å². The summed E-state index contributed by atoms with van der Waals surface area (Å²) in [4.78, 5) is 13.7. The number of aryl methyl sites for hydroxylation is 3. The van der Waals surface area contributed by atoms with E-state index in [2.05, 4.69) is 44.3 Å². The van der Waals surface area contributed by atoms with Crippen molar-refractivity contribution in [1.82, 2.24) is 29.5 Å². The van der Waals surface area contributed by atoms with Crippen LogP contribution in [0, 0.1) is 19.8 Å². The number of aromatic nitrogens is 6. The van der Waals surface area contributed by atoms with Gasteiger partial charge in [0.05, 0.1) is 5.69 Å². The maximum atomic E-state index is 4.62. The third-order valence-corrected chi connectivity index (χ3v) is 5.82. The largest absolute Gasteiger partial charge is 0.288 e. The molecule has 3 aromatic rings. The molecule has 6 nitrogen and oxygen atoms in total. The number of hydrogen-bond acceptors (Lipinski definition) is 5. The lowest BCUT2D eigenvalue weighted by atomic mass is 10.0. The van der Waals surface area contributed by atoms with E-state index in [1.54, 1.807) is 11.8 Å². The average Bonchev–Trinajstić information content (AvgIpc) is 3.31. The second-order valence-electron chi connectivity index (χ2n) is 6.98. The van der Waals surface area contributed by atoms with Gasteiger partial charge in [0.1, 0.15) is 5.82 Å². The predicted molar refractivity (Wildman–Crippen MR) is 98.7 cm³/mol. The highest BCUT2D eigenvalue weighted by Gasteiger charge is 2.16. The van der Waals surface area contributed by atoms with Crippen LogP contribution in [0.3, 0.4) is 0 Å². The first-order valence-electron chi connectivity index (χ1n) is 9.03. The molecule has 132 valence electrons. The van der Waals surface area contributed by atoms with Crippen molar-refractivity contribution < 1.29 is 0 Å². The molecule has 1 N–H and O–H groups in total. The summed E-state index contributed by atoms with van der Waals surface area (Å²) in [6.07, 6.45) is 9.86. The SMILES string of the molecule is Cc1cc(C)n2cc(CSc3n[nH]c(CCC4CCCC4)n3)nc2n1. The molecule has 25 heavy (non-hydrogen) atoms. The molecular weight excluding hydrogens is 332 g/mol. The summed E-state index contributed by atoms with van der Waals surface area (Å²) in [6.45, 7) is 4.07. The fraction of sp³-hybridized carbons (Fsp3) is 0.556. The van der Waals surface area contributed by atoms with Crippen molar-refractivity contribution >= 4 is 17.5 Å². The van der Waals surface area contributed by atoms with Gasteiger partial charge >= 0.3 is 0 Å². The summed E-state index contributed by atoms with van der Waals surface area (Å²) in [7, 11) is 0. The fourth-order valence-electron chi connectivity index (χ4n) is 3.62. The summed E-state index contributed by atoms with van der Waals surface area (Å²) in [5.74, 6) is 3.41. The van der Waals surface area contributed by atoms with Crippen molar-refractivity contribution in [3.63, 3.8) is 0 Å². The van der Waals surface area contributed by atoms with Crippen LogP contribution in [-0.2, 0) is 12.2 Å². The Kier molecular flexibility index (Phi) is 4.74. The van der Waals surface area contributed by atoms with Crippen molar-refractivity contribution in [2.45, 2.75) is 63.3 Å². The van der Waals surface area contributed by atoms with E-state index < -0.39 is 0 Å². The van der Waals surface area contributed by atoms with Gasteiger partial charge in [-0.25, -0.2) is 15.0 Å². The Balaban J connectivity index is 1.36. The number of H-pyrrole nitrogens is 1. The molecule has 0 radical (unpaired) electrons. The normalized spacial score (nSPS) is 15.4. The number of thioether (sulfide) groups is 1. The number of nitrogens with zero attached hydrogens (tertiary/aromatic N) is 5. The second kappa shape index (κ2) is 7.15. The number of aromatic amines is 1. The van der Waals surface area contributed by atoms with Gasteiger partial charge in [0.2, 0.25) is 10.9 Å². The molecule has 4 rings (SSSR count). The standard InChI is InChI=1S/C18H24N6S/c1-12-9-13(2)24-10-15(20-17(24)19-12)11-25-18-21-16(22-23-18)8-7-14-5-3-4-6-14/h9-10,14H,3-8,11H2,1-2H3,(H,21,22,23). The highest BCUT2D eigenvalue weighted by Crippen LogP contribution is 2.28. The van der Waals surface area contributed by atoms with Crippen LogP contribution in [0.2, 0.25) is 0 Å². The summed E-state index contributed by atoms with van der Waals surface area (Å²) in [5.41, 5.74) is 3.15. The van der Waals surface area contributed by atoms with Gasteiger partial charge in [0.25, 0.3) is 0 Å². The minimum atomic E-state index is 0.752. The lowest BCUT2D eigenvalue weighted by Crippen LogP contribution is -1.97. The van der Waals surface area contributed by atoms with Gasteiger partial charge in [-0.05, 0) is 32.3 Å². The number of rotatable bonds is 6. The van der Waals surface area contributed by atoms with Gasteiger partial charge in [0, 0.05) is 29.8 Å². The van der Waals surface area contributed by atoms with Gasteiger partial charge in [-0.1, -0.05) is 37.4 Å². The van der Waals surface area contributed by atoms with Gasteiger partial charge in [-0.3, -0.25) is 9.50 Å². The number of hydrogen-bond donors (Lipinski definition) is 1. The molecule has 0 amide bonds. The molecule has 1 aliphatic rings. The number of nitrogens with one attached hydrogen (secondary N) is 1. The van der Waals surface area contributed by atoms with Gasteiger partial charge in [0.15, 0.2) is 0 Å². The van der Waals surface area contributed by atoms with Gasteiger partial charge in [-0.2, -0.15) is 0 Å². The van der Waals surface area contributed by atoms with E-state index in [0.29, 0.717) is 0 Å². The lowest BCUT2D eigenvalue weighted by molar-refractivity contribution is 0.497. The highest BCUT2D eigenvalue weighted by atomic mass is 32.2. The molecule has 1 saturated carbocycles. The molecule has 7 heteroatoms. The Morgan fingerprint density at radius 2 is 2.04 bits per heavy atom. The third-order valence-electron chi connectivity index (χ3n) is 4.94. The van der Waals surface area contributed by atoms with E-state index in [1.165, 1.54) is 32.1 Å². The van der Waals surface area contributed by atoms with Crippen LogP contribution in [-0.4, -0.2) is 29.5 Å². The average molecular weight is 356 g/mol. The Morgan fingerprint density at radius 3 is 2.88 bits per heavy atom. The maximum Gasteiger partial charge on any atom is 0.234 e. The van der Waals surface area contributed by atoms with Gasteiger partial charge in [-0.15, -0.1) is 5.10 Å². The number of imidazole rings is 1. The van der Waals surface area contributed by atoms with E-state index in [-0.39, 0.29) is 0 Å². The molecule has 1 aliphatic carbocycles. The van der Waals surface area contributed by atoms with Crippen molar-refractivity contribution in [2.24, 2.45) is 5.92 Å². The zero-order valence-corrected chi connectivity index (χ0v) is 15.6. The molecule has 0 spiro atoms. The van der Waals surface area contributed by atoms with Crippen LogP contribution in [0.25, 0.3) is 5.78 Å². The molecule has 0 bridgehead atoms. The summed E-state index contributed by atoms with van der Waals surface area (Å²) in [6, 6.07) is 2.07. The topological polar surface area (TPSA) is 71.8 Å². The first-order valence-corrected chi connectivity index (χ1v) is 10.0. The zero-order valence-electron chi connectivity index (χ0n) is 14.8. The van der Waals surface area contributed by atoms with Gasteiger partial charge < -0.3 is 0 Å². The smallest absolute Gasteiger partial charge is 0.234 e. The second-order valence-corrected chi connectivity index (χ2v) is 7.93. The Hall–Kier alpha value is -1.89. The van der Waals surface area contributed by atoms with Crippen LogP contribution in [0.4, 0.5) is 0 Å². The summed E-state index contributed by atoms with van der Waals surface area (Å²) >= 11 is 1.62. The molecular formula is C18H24N6S. The minimum Gasteiger partial charge on any atom is -0.288 e. The Morgan fingerprint density at radius 1 is 1.20 bits per heavy atom. The van der Waals surface area contributed by atoms with Crippen LogP contribution >= 0.6 is 11.8 Å². The summed E-state index contributed by atoms with van der Waals surface area (Å²) < 4.78 is 2.04. The highest BCUT2D eigenvalue weighted by molar-refractivity contribution is 7.98. The van der Waals surface area contributed by atoms with E-state index in [4.69, 9.17) is 0 Å². The van der Waals surface area contributed by atoms with E-state index in [1.807, 2.05) is 11.3 Å². The van der Waals surface area contributed by atoms with Crippen molar-refractivity contribution in [2.75, 3.05) is 0 Å². The van der Waals surface area contributed by atoms with Crippen molar-refractivity contribution in [3.8, 4) is 0 Å². The zero-order chi connectivity index (χ0) is 17.2. The molecule has 0 unspecified atom stereocenters. The van der Waals surface area contributed by atoms with Crippen LogP contribution < -0.4 is 0 Å². The molecule has 3 heterocycles. The molecule has 0 aromatic carbocycles. The maximum absolute atomic E-state index is 4.62. The molecule has 0 saturated heterocycles. The molecule has 1 fully saturated rings. The molecule has 0 aliphatic heterocycles. The first kappa shape index (κ1) is 16.6. The predicted octanol–water partition coefficient (Wildman–Crippen LogP) is 3.88. The molecule has 3 aromatic heterocycles. The Labute approximate surface area is 151 Å². The molecule has 0 atom stereocenters. The fourth-order valence-corrected chi connectivity index (χ4v) is 4.32. The van der Waals surface area contributed by atoms with E-state index in [9.17, 15) is 0 Å². The minimum absolute atomic E-state index is 0.752. The van der Waals surface area contributed by atoms with Crippen molar-refractivity contribution in [3.05, 3.63) is 35.2 Å². The first-order chi connectivity index (χ1) is 12.2. The van der Waals surface area contributed by atoms with Crippen LogP contribution in [0.5, 0.6) is 0 Å². The number of fused-ring (bicyclic) bond motifs is 1. The quantitative estimate of drug-likeness (QED) is 0.679. The third kappa shape index (κ3) is 3.86. The summed E-state index contributed by atoms with van der Waals surface area (Å²) in [5, 5.41) is 8.23. The lowest BCUT2D eigenvalue weighted by Gasteiger charge is -2.05.